The van der Waals surface area contributed by atoms with E-state index >= 15 is 0 Å². The van der Waals surface area contributed by atoms with Crippen molar-refractivity contribution >= 4 is 16.9 Å². The van der Waals surface area contributed by atoms with Gasteiger partial charge in [0, 0.05) is 0 Å². The number of benzene rings is 1. The molecule has 0 spiro atoms. The van der Waals surface area contributed by atoms with Crippen molar-refractivity contribution in [3.05, 3.63) is 35.9 Å². The number of amides is 1. The van der Waals surface area contributed by atoms with Gasteiger partial charge in [-0.1, -0.05) is 30.1 Å². The van der Waals surface area contributed by atoms with Gasteiger partial charge in [0.15, 0.2) is 5.91 Å². The van der Waals surface area contributed by atoms with Gasteiger partial charge in [-0.3, -0.25) is 0 Å². The fraction of sp³-hybridized carbons (Fsp3) is 0.273. The quantitative estimate of drug-likeness (QED) is 0.619. The minimum Gasteiger partial charge on any atom is -0.646 e. The van der Waals surface area contributed by atoms with Crippen molar-refractivity contribution in [1.29, 1.82) is 0 Å². The number of fused-ring (bicyclic) bond motifs is 1. The average Bonchev–Trinajstić information content (AvgIpc) is 2.77. The number of halogens is 3. The molecule has 0 aliphatic carbocycles. The van der Waals surface area contributed by atoms with Crippen LogP contribution in [0.2, 0.25) is 0 Å². The number of H-pyrrole nitrogens is 1. The molecule has 0 aliphatic rings. The summed E-state index contributed by atoms with van der Waals surface area (Å²) in [5, 5.41) is 2.63. The molecule has 1 aromatic heterocycles. The maximum atomic E-state index is 11.2. The van der Waals surface area contributed by atoms with Crippen LogP contribution in [0.3, 0.4) is 0 Å². The summed E-state index contributed by atoms with van der Waals surface area (Å²) in [5.41, 5.74) is 2.01. The fourth-order valence-electron chi connectivity index (χ4n) is 1.06. The second-order valence-electron chi connectivity index (χ2n) is 3.14. The number of carbonyl (C=O) groups is 1. The summed E-state index contributed by atoms with van der Waals surface area (Å²) in [6.07, 6.45) is -2.13. The summed E-state index contributed by atoms with van der Waals surface area (Å²) < 4.78 is 33.6. The molecule has 1 aromatic carbocycles. The normalized spacial score (nSPS) is 10.1. The maximum absolute atomic E-state index is 11.2. The van der Waals surface area contributed by atoms with Crippen molar-refractivity contribution < 1.29 is 49.1 Å². The molecule has 0 fully saturated rings. The molecule has 0 unspecified atom stereocenters. The van der Waals surface area contributed by atoms with Crippen molar-refractivity contribution in [2.75, 3.05) is 6.54 Å². The van der Waals surface area contributed by atoms with E-state index < -0.39 is 12.1 Å². The first-order chi connectivity index (χ1) is 8.45. The zero-order chi connectivity index (χ0) is 13.6. The van der Waals surface area contributed by atoms with Gasteiger partial charge in [0.25, 0.3) is 0 Å². The molecule has 8 heteroatoms. The number of nitrogens with one attached hydrogen (secondary N) is 1. The van der Waals surface area contributed by atoms with Crippen LogP contribution in [0, 0.1) is 37.4 Å². The Bertz CT molecular complexity index is 483. The molecule has 0 bridgehead atoms. The molecular formula is C11H10F3N3OU. The van der Waals surface area contributed by atoms with Crippen molar-refractivity contribution in [2.24, 2.45) is 0 Å². The molecule has 0 saturated carbocycles. The molecule has 100 valence electrons. The van der Waals surface area contributed by atoms with Gasteiger partial charge in [-0.25, -0.2) is 0 Å². The zero-order valence-corrected chi connectivity index (χ0v) is 14.1. The molecule has 2 rings (SSSR count). The number of hydrogen-bond acceptors (Lipinski definition) is 2. The summed E-state index contributed by atoms with van der Waals surface area (Å²) in [5.74, 6) is -2.01. The van der Waals surface area contributed by atoms with Gasteiger partial charge in [-0.2, -0.15) is 13.2 Å². The summed E-state index contributed by atoms with van der Waals surface area (Å²) in [4.78, 5) is 16.6. The van der Waals surface area contributed by atoms with Crippen molar-refractivity contribution in [1.82, 2.24) is 9.97 Å². The van der Waals surface area contributed by atoms with Gasteiger partial charge < -0.3 is 20.1 Å². The molecule has 0 atom stereocenters. The van der Waals surface area contributed by atoms with Gasteiger partial charge in [-0.15, -0.1) is 18.7 Å². The van der Waals surface area contributed by atoms with Crippen LogP contribution in [-0.4, -0.2) is 28.6 Å². The Hall–Kier alpha value is -0.998. The van der Waals surface area contributed by atoms with Gasteiger partial charge in [0.1, 0.15) is 0 Å². The fourth-order valence-corrected chi connectivity index (χ4v) is 1.06. The third-order valence-electron chi connectivity index (χ3n) is 1.82. The van der Waals surface area contributed by atoms with E-state index in [-0.39, 0.29) is 37.7 Å². The number of nitrogens with zero attached hydrogens (tertiary/aromatic N) is 2. The van der Waals surface area contributed by atoms with Crippen molar-refractivity contribution in [3.63, 3.8) is 0 Å². The third-order valence-corrected chi connectivity index (χ3v) is 1.82. The Balaban J connectivity index is 0.000000324. The van der Waals surface area contributed by atoms with Crippen LogP contribution < -0.4 is 0 Å². The molecule has 0 radical (unpaired) electrons. The smallest absolute Gasteiger partial charge is 0.646 e. The van der Waals surface area contributed by atoms with Crippen LogP contribution in [0.1, 0.15) is 6.92 Å². The van der Waals surface area contributed by atoms with Gasteiger partial charge in [0.05, 0.1) is 0 Å². The van der Waals surface area contributed by atoms with E-state index in [2.05, 4.69) is 21.6 Å². The minimum absolute atomic E-state index is 0. The molecule has 1 N–H and O–H groups in total. The van der Waals surface area contributed by atoms with E-state index in [1.807, 2.05) is 24.3 Å². The van der Waals surface area contributed by atoms with Crippen LogP contribution in [0.5, 0.6) is 0 Å². The van der Waals surface area contributed by atoms with Crippen LogP contribution >= 0.6 is 0 Å². The Kier molecular flexibility index (Phi) is 7.80. The third kappa shape index (κ3) is 6.12. The predicted molar refractivity (Wildman–Crippen MR) is 59.9 cm³/mol. The van der Waals surface area contributed by atoms with Crippen LogP contribution in [0.4, 0.5) is 13.2 Å². The molecule has 0 aliphatic heterocycles. The molecule has 1 heterocycles. The number of alkyl halides is 3. The number of imidazole rings is 1. The number of aromatic nitrogens is 2. The molecule has 2 aromatic rings. The summed E-state index contributed by atoms with van der Waals surface area (Å²) >= 11 is 0. The molecule has 1 amide bonds. The largest absolute Gasteiger partial charge is 2.00 e. The van der Waals surface area contributed by atoms with E-state index in [0.29, 0.717) is 0 Å². The van der Waals surface area contributed by atoms with E-state index in [1.165, 1.54) is 6.92 Å². The van der Waals surface area contributed by atoms with Gasteiger partial charge in [-0.05, 0) is 6.33 Å². The first-order valence-corrected chi connectivity index (χ1v) is 5.04. The minimum atomic E-state index is -4.80. The van der Waals surface area contributed by atoms with E-state index in [9.17, 15) is 18.0 Å². The maximum Gasteiger partial charge on any atom is 2.00 e. The number of aromatic amines is 1. The predicted octanol–water partition coefficient (Wildman–Crippen LogP) is 2.83. The zero-order valence-electron chi connectivity index (χ0n) is 9.95. The SMILES string of the molecule is CC[N-]C(=O)C(F)(F)F.[U+2].[c-]1nc2ccccc2[nH]1. The average molecular weight is 495 g/mol. The number of rotatable bonds is 1. The molecule has 19 heavy (non-hydrogen) atoms. The standard InChI is InChI=1S/C7H5N2.C4H6F3NO.U/c1-2-4-7-6(3-1)8-5-9-7;1-2-8-3(9)4(5,6)7;/h1-4H,(H,8,9);2H2,1H3,(H,8,9);/q-1;;+2/p-1. The number of hydrogen-bond donors (Lipinski definition) is 1. The van der Waals surface area contributed by atoms with Crippen molar-refractivity contribution in [2.45, 2.75) is 13.1 Å². The second kappa shape index (κ2) is 8.23. The van der Waals surface area contributed by atoms with Gasteiger partial charge in [0.2, 0.25) is 0 Å². The Labute approximate surface area is 131 Å². The van der Waals surface area contributed by atoms with E-state index in [1.54, 1.807) is 0 Å². The first-order valence-electron chi connectivity index (χ1n) is 5.04. The van der Waals surface area contributed by atoms with Gasteiger partial charge >= 0.3 is 37.3 Å². The first kappa shape index (κ1) is 18.0. The monoisotopic (exact) mass is 495 g/mol. The van der Waals surface area contributed by atoms with Crippen LogP contribution in [0.15, 0.2) is 24.3 Å². The Morgan fingerprint density at radius 1 is 1.42 bits per heavy atom. The number of para-hydroxylation sites is 2. The summed E-state index contributed by atoms with van der Waals surface area (Å²) in [6, 6.07) is 7.84. The molecule has 4 nitrogen and oxygen atoms in total. The Morgan fingerprint density at radius 2 is 2.05 bits per heavy atom. The van der Waals surface area contributed by atoms with E-state index in [0.717, 1.165) is 11.0 Å². The summed E-state index contributed by atoms with van der Waals surface area (Å²) in [7, 11) is 0. The van der Waals surface area contributed by atoms with Crippen LogP contribution in [-0.2, 0) is 4.79 Å². The molecule has 0 saturated heterocycles. The number of carbonyl (C=O) groups excluding carboxylic acids is 1. The Morgan fingerprint density at radius 3 is 2.53 bits per heavy atom. The molecular weight excluding hydrogens is 485 g/mol. The topological polar surface area (TPSA) is 59.9 Å². The second-order valence-corrected chi connectivity index (χ2v) is 3.14. The van der Waals surface area contributed by atoms with Crippen molar-refractivity contribution in [3.8, 4) is 0 Å². The van der Waals surface area contributed by atoms with Crippen LogP contribution in [0.25, 0.3) is 16.4 Å². The summed E-state index contributed by atoms with van der Waals surface area (Å²) in [6.45, 7) is 1.24. The van der Waals surface area contributed by atoms with E-state index in [4.69, 9.17) is 0 Å².